The zero-order chi connectivity index (χ0) is 13.9. The fourth-order valence-electron chi connectivity index (χ4n) is 1.54. The summed E-state index contributed by atoms with van der Waals surface area (Å²) in [6, 6.07) is 5.29. The number of hydrogen-bond acceptors (Lipinski definition) is 5. The molecule has 7 nitrogen and oxygen atoms in total. The highest BCUT2D eigenvalue weighted by Gasteiger charge is 2.20. The van der Waals surface area contributed by atoms with Crippen molar-refractivity contribution in [2.75, 3.05) is 5.73 Å². The predicted molar refractivity (Wildman–Crippen MR) is 70.6 cm³/mol. The molecule has 2 aromatic rings. The number of nitrogens with one attached hydrogen (secondary N) is 1. The second-order valence-electron chi connectivity index (χ2n) is 3.88. The number of aryl methyl sites for hydroxylation is 1. The number of rotatable bonds is 5. The first-order chi connectivity index (χ1) is 9.03. The molecule has 3 N–H and O–H groups in total. The minimum atomic E-state index is -3.68. The van der Waals surface area contributed by atoms with Crippen LogP contribution in [0.4, 0.5) is 5.82 Å². The summed E-state index contributed by atoms with van der Waals surface area (Å²) >= 11 is 0. The molecule has 0 aromatic carbocycles. The third-order valence-electron chi connectivity index (χ3n) is 2.54. The molecule has 0 radical (unpaired) electrons. The molecule has 19 heavy (non-hydrogen) atoms. The molecule has 102 valence electrons. The van der Waals surface area contributed by atoms with Gasteiger partial charge in [-0.2, -0.15) is 5.10 Å². The third kappa shape index (κ3) is 3.09. The Kier molecular flexibility index (Phi) is 3.82. The second-order valence-corrected chi connectivity index (χ2v) is 5.62. The van der Waals surface area contributed by atoms with Crippen molar-refractivity contribution in [2.24, 2.45) is 0 Å². The Morgan fingerprint density at radius 1 is 1.42 bits per heavy atom. The number of nitrogens with two attached hydrogens (primary N) is 1. The Balaban J connectivity index is 2.16. The molecule has 0 amide bonds. The average molecular weight is 281 g/mol. The monoisotopic (exact) mass is 281 g/mol. The van der Waals surface area contributed by atoms with Gasteiger partial charge in [0.15, 0.2) is 5.82 Å². The Morgan fingerprint density at radius 3 is 2.79 bits per heavy atom. The van der Waals surface area contributed by atoms with Gasteiger partial charge in [-0.3, -0.25) is 9.67 Å². The molecular weight excluding hydrogens is 266 g/mol. The van der Waals surface area contributed by atoms with Crippen LogP contribution >= 0.6 is 0 Å². The number of pyridine rings is 1. The van der Waals surface area contributed by atoms with Crippen molar-refractivity contribution >= 4 is 15.8 Å². The zero-order valence-electron chi connectivity index (χ0n) is 10.4. The number of aromatic nitrogens is 3. The fourth-order valence-corrected chi connectivity index (χ4v) is 2.61. The van der Waals surface area contributed by atoms with E-state index in [2.05, 4.69) is 14.8 Å². The Morgan fingerprint density at radius 2 is 2.21 bits per heavy atom. The van der Waals surface area contributed by atoms with E-state index >= 15 is 0 Å². The number of nitrogen functional groups attached to an aromatic ring is 1. The zero-order valence-corrected chi connectivity index (χ0v) is 11.3. The van der Waals surface area contributed by atoms with Crippen LogP contribution in [0.3, 0.4) is 0 Å². The van der Waals surface area contributed by atoms with Crippen molar-refractivity contribution in [1.82, 2.24) is 19.5 Å². The molecule has 0 atom stereocenters. The molecule has 0 aliphatic carbocycles. The van der Waals surface area contributed by atoms with E-state index in [1.165, 1.54) is 10.9 Å². The standard InChI is InChI=1S/C11H15N5O2S/c1-2-16-8-10(11(12)15-16)19(17,18)14-7-9-5-3-4-6-13-9/h3-6,8,14H,2,7H2,1H3,(H2,12,15). The Labute approximate surface area is 111 Å². The van der Waals surface area contributed by atoms with Crippen molar-refractivity contribution in [3.8, 4) is 0 Å². The smallest absolute Gasteiger partial charge is 0.246 e. The molecule has 0 spiro atoms. The highest BCUT2D eigenvalue weighted by atomic mass is 32.2. The average Bonchev–Trinajstić information content (AvgIpc) is 2.80. The summed E-state index contributed by atoms with van der Waals surface area (Å²) in [6.45, 7) is 2.52. The molecular formula is C11H15N5O2S. The van der Waals surface area contributed by atoms with Crippen molar-refractivity contribution in [3.63, 3.8) is 0 Å². The van der Waals surface area contributed by atoms with E-state index in [1.807, 2.05) is 6.92 Å². The van der Waals surface area contributed by atoms with E-state index in [1.54, 1.807) is 24.4 Å². The van der Waals surface area contributed by atoms with Crippen LogP contribution in [0.15, 0.2) is 35.5 Å². The van der Waals surface area contributed by atoms with Gasteiger partial charge in [0.05, 0.1) is 12.2 Å². The minimum absolute atomic E-state index is 0.00429. The lowest BCUT2D eigenvalue weighted by Gasteiger charge is -2.04. The number of anilines is 1. The third-order valence-corrected chi connectivity index (χ3v) is 3.96. The highest BCUT2D eigenvalue weighted by molar-refractivity contribution is 7.89. The second kappa shape index (κ2) is 5.37. The van der Waals surface area contributed by atoms with Gasteiger partial charge in [-0.1, -0.05) is 6.07 Å². The van der Waals surface area contributed by atoms with Crippen LogP contribution in [0.25, 0.3) is 0 Å². The molecule has 0 aliphatic heterocycles. The maximum absolute atomic E-state index is 12.1. The first-order valence-corrected chi connectivity index (χ1v) is 7.23. The molecule has 2 aromatic heterocycles. The largest absolute Gasteiger partial charge is 0.381 e. The molecule has 2 heterocycles. The van der Waals surface area contributed by atoms with E-state index < -0.39 is 10.0 Å². The van der Waals surface area contributed by atoms with Crippen molar-refractivity contribution in [1.29, 1.82) is 0 Å². The molecule has 8 heteroatoms. The SMILES string of the molecule is CCn1cc(S(=O)(=O)NCc2ccccn2)c(N)n1. The maximum atomic E-state index is 12.1. The van der Waals surface area contributed by atoms with Gasteiger partial charge in [-0.25, -0.2) is 13.1 Å². The normalized spacial score (nSPS) is 11.6. The number of sulfonamides is 1. The van der Waals surface area contributed by atoms with Gasteiger partial charge in [0.1, 0.15) is 4.90 Å². The topological polar surface area (TPSA) is 103 Å². The number of hydrogen-bond donors (Lipinski definition) is 2. The Bertz CT molecular complexity index is 651. The maximum Gasteiger partial charge on any atom is 0.246 e. The van der Waals surface area contributed by atoms with Gasteiger partial charge in [-0.05, 0) is 19.1 Å². The molecule has 2 rings (SSSR count). The van der Waals surface area contributed by atoms with Crippen LogP contribution in [0.5, 0.6) is 0 Å². The van der Waals surface area contributed by atoms with Crippen LogP contribution in [0.2, 0.25) is 0 Å². The van der Waals surface area contributed by atoms with Gasteiger partial charge >= 0.3 is 0 Å². The minimum Gasteiger partial charge on any atom is -0.381 e. The van der Waals surface area contributed by atoms with E-state index in [-0.39, 0.29) is 17.3 Å². The molecule has 0 unspecified atom stereocenters. The van der Waals surface area contributed by atoms with Crippen molar-refractivity contribution in [3.05, 3.63) is 36.3 Å². The quantitative estimate of drug-likeness (QED) is 0.823. The van der Waals surface area contributed by atoms with Crippen molar-refractivity contribution < 1.29 is 8.42 Å². The van der Waals surface area contributed by atoms with E-state index in [0.717, 1.165) is 0 Å². The lowest BCUT2D eigenvalue weighted by atomic mass is 10.4. The summed E-state index contributed by atoms with van der Waals surface area (Å²) in [6.07, 6.45) is 3.02. The van der Waals surface area contributed by atoms with Gasteiger partial charge in [0.25, 0.3) is 0 Å². The summed E-state index contributed by atoms with van der Waals surface area (Å²) in [5.74, 6) is -0.00429. The van der Waals surface area contributed by atoms with Gasteiger partial charge in [0, 0.05) is 18.9 Å². The molecule has 0 aliphatic rings. The van der Waals surface area contributed by atoms with E-state index in [4.69, 9.17) is 5.73 Å². The highest BCUT2D eigenvalue weighted by Crippen LogP contribution is 2.16. The lowest BCUT2D eigenvalue weighted by Crippen LogP contribution is -2.24. The first kappa shape index (κ1) is 13.5. The first-order valence-electron chi connectivity index (χ1n) is 5.75. The summed E-state index contributed by atoms with van der Waals surface area (Å²) in [5.41, 5.74) is 6.24. The lowest BCUT2D eigenvalue weighted by molar-refractivity contribution is 0.580. The van der Waals surface area contributed by atoms with E-state index in [0.29, 0.717) is 12.2 Å². The fraction of sp³-hybridized carbons (Fsp3) is 0.273. The van der Waals surface area contributed by atoms with Gasteiger partial charge in [0.2, 0.25) is 10.0 Å². The molecule has 0 fully saturated rings. The summed E-state index contributed by atoms with van der Waals surface area (Å²) in [7, 11) is -3.68. The van der Waals surface area contributed by atoms with Gasteiger partial charge < -0.3 is 5.73 Å². The van der Waals surface area contributed by atoms with Crippen molar-refractivity contribution in [2.45, 2.75) is 24.9 Å². The summed E-state index contributed by atoms with van der Waals surface area (Å²) in [5, 5.41) is 3.91. The van der Waals surface area contributed by atoms with Crippen LogP contribution in [-0.2, 0) is 23.1 Å². The van der Waals surface area contributed by atoms with E-state index in [9.17, 15) is 8.42 Å². The number of nitrogens with zero attached hydrogens (tertiary/aromatic N) is 3. The predicted octanol–water partition coefficient (Wildman–Crippen LogP) is 0.359. The Hall–Kier alpha value is -1.93. The summed E-state index contributed by atoms with van der Waals surface area (Å²) < 4.78 is 28.1. The molecule has 0 bridgehead atoms. The van der Waals surface area contributed by atoms with Crippen LogP contribution in [-0.4, -0.2) is 23.2 Å². The van der Waals surface area contributed by atoms with Crippen LogP contribution < -0.4 is 10.5 Å². The molecule has 0 saturated carbocycles. The van der Waals surface area contributed by atoms with Crippen LogP contribution in [0.1, 0.15) is 12.6 Å². The molecule has 0 saturated heterocycles. The summed E-state index contributed by atoms with van der Waals surface area (Å²) in [4.78, 5) is 4.03. The van der Waals surface area contributed by atoms with Gasteiger partial charge in [-0.15, -0.1) is 0 Å². The van der Waals surface area contributed by atoms with Crippen LogP contribution in [0, 0.1) is 0 Å².